The van der Waals surface area contributed by atoms with E-state index in [4.69, 9.17) is 0 Å². The Balaban J connectivity index is 2.75. The predicted octanol–water partition coefficient (Wildman–Crippen LogP) is 5.96. The third kappa shape index (κ3) is 3.35. The minimum atomic E-state index is -0.0288. The molecule has 0 unspecified atom stereocenters. The molecular formula is C21H28O. The predicted molar refractivity (Wildman–Crippen MR) is 95.7 cm³/mol. The first kappa shape index (κ1) is 16.6. The first-order valence-electron chi connectivity index (χ1n) is 7.95. The van der Waals surface area contributed by atoms with Gasteiger partial charge in [-0.2, -0.15) is 0 Å². The molecule has 1 nitrogen and oxygen atoms in total. The molecule has 0 saturated carbocycles. The zero-order valence-corrected chi connectivity index (χ0v) is 14.9. The number of hydrogen-bond donors (Lipinski definition) is 1. The maximum Gasteiger partial charge on any atom is 0.123 e. The molecule has 0 heterocycles. The first-order chi connectivity index (χ1) is 10.00. The Morgan fingerprint density at radius 2 is 1.32 bits per heavy atom. The van der Waals surface area contributed by atoms with Crippen molar-refractivity contribution in [3.8, 4) is 16.9 Å². The molecular weight excluding hydrogens is 268 g/mol. The Morgan fingerprint density at radius 1 is 0.773 bits per heavy atom. The third-order valence-corrected chi connectivity index (χ3v) is 4.13. The van der Waals surface area contributed by atoms with Crippen LogP contribution in [0.25, 0.3) is 11.1 Å². The van der Waals surface area contributed by atoms with Crippen LogP contribution in [0, 0.1) is 6.92 Å². The molecule has 118 valence electrons. The van der Waals surface area contributed by atoms with Crippen molar-refractivity contribution in [2.75, 3.05) is 0 Å². The molecule has 0 amide bonds. The van der Waals surface area contributed by atoms with Gasteiger partial charge in [-0.3, -0.25) is 0 Å². The van der Waals surface area contributed by atoms with Gasteiger partial charge in [-0.1, -0.05) is 77.4 Å². The Hall–Kier alpha value is -1.76. The molecule has 22 heavy (non-hydrogen) atoms. The van der Waals surface area contributed by atoms with Crippen molar-refractivity contribution >= 4 is 0 Å². The summed E-state index contributed by atoms with van der Waals surface area (Å²) in [6, 6.07) is 12.6. The second-order valence-corrected chi connectivity index (χ2v) is 8.28. The molecule has 2 aromatic rings. The van der Waals surface area contributed by atoms with Crippen LogP contribution in [-0.4, -0.2) is 5.11 Å². The number of hydrogen-bond acceptors (Lipinski definition) is 1. The zero-order valence-electron chi connectivity index (χ0n) is 14.9. The smallest absolute Gasteiger partial charge is 0.123 e. The number of phenols is 1. The molecule has 2 rings (SSSR count). The highest BCUT2D eigenvalue weighted by Gasteiger charge is 2.25. The highest BCUT2D eigenvalue weighted by molar-refractivity contribution is 5.76. The van der Waals surface area contributed by atoms with E-state index in [2.05, 4.69) is 78.8 Å². The van der Waals surface area contributed by atoms with Crippen LogP contribution in [0.3, 0.4) is 0 Å². The van der Waals surface area contributed by atoms with E-state index in [1.807, 2.05) is 6.07 Å². The summed E-state index contributed by atoms with van der Waals surface area (Å²) in [6.45, 7) is 15.2. The average Bonchev–Trinajstić information content (AvgIpc) is 2.37. The van der Waals surface area contributed by atoms with Crippen molar-refractivity contribution < 1.29 is 5.11 Å². The van der Waals surface area contributed by atoms with Gasteiger partial charge < -0.3 is 5.11 Å². The fourth-order valence-corrected chi connectivity index (χ4v) is 2.67. The van der Waals surface area contributed by atoms with Crippen LogP contribution in [0.4, 0.5) is 0 Å². The summed E-state index contributed by atoms with van der Waals surface area (Å²) in [5.41, 5.74) is 5.62. The van der Waals surface area contributed by atoms with Crippen molar-refractivity contribution in [3.05, 3.63) is 53.1 Å². The maximum absolute atomic E-state index is 10.7. The Kier molecular flexibility index (Phi) is 4.12. The van der Waals surface area contributed by atoms with E-state index in [0.717, 1.165) is 11.1 Å². The summed E-state index contributed by atoms with van der Waals surface area (Å²) in [7, 11) is 0. The highest BCUT2D eigenvalue weighted by Crippen LogP contribution is 2.42. The summed E-state index contributed by atoms with van der Waals surface area (Å²) in [5.74, 6) is 0.376. The van der Waals surface area contributed by atoms with Gasteiger partial charge in [0.2, 0.25) is 0 Å². The van der Waals surface area contributed by atoms with Gasteiger partial charge >= 0.3 is 0 Å². The van der Waals surface area contributed by atoms with E-state index in [-0.39, 0.29) is 10.8 Å². The van der Waals surface area contributed by atoms with E-state index in [1.165, 1.54) is 16.7 Å². The lowest BCUT2D eigenvalue weighted by molar-refractivity contribution is 0.468. The molecule has 1 N–H and O–H groups in total. The Labute approximate surface area is 135 Å². The van der Waals surface area contributed by atoms with E-state index in [9.17, 15) is 5.11 Å². The van der Waals surface area contributed by atoms with E-state index in [1.54, 1.807) is 0 Å². The van der Waals surface area contributed by atoms with Gasteiger partial charge in [0.15, 0.2) is 0 Å². The lowest BCUT2D eigenvalue weighted by Gasteiger charge is -2.28. The van der Waals surface area contributed by atoms with Crippen molar-refractivity contribution in [1.29, 1.82) is 0 Å². The summed E-state index contributed by atoms with van der Waals surface area (Å²) in [6.07, 6.45) is 0. The lowest BCUT2D eigenvalue weighted by atomic mass is 9.77. The molecule has 0 bridgehead atoms. The van der Waals surface area contributed by atoms with E-state index in [0.29, 0.717) is 5.75 Å². The maximum atomic E-state index is 10.7. The first-order valence-corrected chi connectivity index (χ1v) is 7.95. The molecule has 0 atom stereocenters. The van der Waals surface area contributed by atoms with Gasteiger partial charge in [-0.15, -0.1) is 0 Å². The van der Waals surface area contributed by atoms with Crippen LogP contribution >= 0.6 is 0 Å². The molecule has 0 radical (unpaired) electrons. The van der Waals surface area contributed by atoms with Crippen LogP contribution < -0.4 is 0 Å². The van der Waals surface area contributed by atoms with Crippen LogP contribution in [0.2, 0.25) is 0 Å². The van der Waals surface area contributed by atoms with Gasteiger partial charge in [0.25, 0.3) is 0 Å². The van der Waals surface area contributed by atoms with Crippen molar-refractivity contribution in [2.24, 2.45) is 0 Å². The molecule has 0 saturated heterocycles. The van der Waals surface area contributed by atoms with Crippen LogP contribution in [0.15, 0.2) is 36.4 Å². The molecule has 2 aromatic carbocycles. The summed E-state index contributed by atoms with van der Waals surface area (Å²) >= 11 is 0. The van der Waals surface area contributed by atoms with Crippen molar-refractivity contribution in [1.82, 2.24) is 0 Å². The summed E-state index contributed by atoms with van der Waals surface area (Å²) in [5, 5.41) is 10.7. The van der Waals surface area contributed by atoms with E-state index >= 15 is 0 Å². The third-order valence-electron chi connectivity index (χ3n) is 4.13. The number of aryl methyl sites for hydroxylation is 1. The molecule has 0 aromatic heterocycles. The van der Waals surface area contributed by atoms with Gasteiger partial charge in [0.05, 0.1) is 0 Å². The largest absolute Gasteiger partial charge is 0.507 e. The number of phenolic OH excluding ortho intramolecular Hbond substituents is 1. The molecule has 0 fully saturated rings. The zero-order chi connectivity index (χ0) is 16.7. The topological polar surface area (TPSA) is 20.2 Å². The monoisotopic (exact) mass is 296 g/mol. The van der Waals surface area contributed by atoms with E-state index < -0.39 is 0 Å². The van der Waals surface area contributed by atoms with Crippen LogP contribution in [-0.2, 0) is 10.8 Å². The fraction of sp³-hybridized carbons (Fsp3) is 0.429. The minimum Gasteiger partial charge on any atom is -0.507 e. The molecule has 0 spiro atoms. The van der Waals surface area contributed by atoms with Gasteiger partial charge in [0, 0.05) is 5.56 Å². The molecule has 0 aliphatic carbocycles. The number of benzene rings is 2. The lowest BCUT2D eigenvalue weighted by Crippen LogP contribution is -2.17. The minimum absolute atomic E-state index is 0.0171. The fourth-order valence-electron chi connectivity index (χ4n) is 2.67. The highest BCUT2D eigenvalue weighted by atomic mass is 16.3. The van der Waals surface area contributed by atoms with Gasteiger partial charge in [0.1, 0.15) is 5.75 Å². The second-order valence-electron chi connectivity index (χ2n) is 8.28. The van der Waals surface area contributed by atoms with Crippen LogP contribution in [0.5, 0.6) is 5.75 Å². The quantitative estimate of drug-likeness (QED) is 0.688. The number of aromatic hydroxyl groups is 1. The average molecular weight is 296 g/mol. The Morgan fingerprint density at radius 3 is 1.77 bits per heavy atom. The van der Waals surface area contributed by atoms with Gasteiger partial charge in [-0.25, -0.2) is 0 Å². The van der Waals surface area contributed by atoms with Crippen molar-refractivity contribution in [3.63, 3.8) is 0 Å². The molecule has 0 aliphatic rings. The van der Waals surface area contributed by atoms with Crippen molar-refractivity contribution in [2.45, 2.75) is 59.3 Å². The standard InChI is InChI=1S/C21H28O/c1-14-8-10-15(11-9-14)19-17(21(5,6)7)12-16(13-18(19)22)20(2,3)4/h8-13,22H,1-7H3. The number of rotatable bonds is 1. The second kappa shape index (κ2) is 5.46. The SMILES string of the molecule is Cc1ccc(-c2c(O)cc(C(C)(C)C)cc2C(C)(C)C)cc1. The van der Waals surface area contributed by atoms with Gasteiger partial charge in [-0.05, 0) is 40.5 Å². The van der Waals surface area contributed by atoms with Crippen LogP contribution in [0.1, 0.15) is 58.2 Å². The summed E-state index contributed by atoms with van der Waals surface area (Å²) < 4.78 is 0. The normalized spacial score (nSPS) is 12.5. The molecule has 1 heteroatoms. The molecule has 0 aliphatic heterocycles. The summed E-state index contributed by atoms with van der Waals surface area (Å²) in [4.78, 5) is 0. The Bertz CT molecular complexity index is 665.